The standard InChI is InChI=1S/C17H19N3O4S/c1-2-24-14-5-3-4-13(17(14)20(22)23)18-10-16(21)19-8-6-15-12(11-19)7-9-25-15/h3-5,7,9,18H,2,6,8,10-11H2,1H3. The van der Waals surface area contributed by atoms with Crippen molar-refractivity contribution in [2.45, 2.75) is 19.9 Å². The van der Waals surface area contributed by atoms with E-state index in [2.05, 4.69) is 5.32 Å². The minimum Gasteiger partial charge on any atom is -0.487 e. The number of benzene rings is 1. The Morgan fingerprint density at radius 1 is 1.44 bits per heavy atom. The van der Waals surface area contributed by atoms with Crippen LogP contribution in [0.1, 0.15) is 17.4 Å². The molecule has 0 atom stereocenters. The molecule has 0 bridgehead atoms. The Morgan fingerprint density at radius 3 is 3.04 bits per heavy atom. The number of carbonyl (C=O) groups is 1. The summed E-state index contributed by atoms with van der Waals surface area (Å²) in [6.07, 6.45) is 0.860. The fourth-order valence-corrected chi connectivity index (χ4v) is 3.76. The first-order chi connectivity index (χ1) is 12.1. The molecule has 0 saturated heterocycles. The summed E-state index contributed by atoms with van der Waals surface area (Å²) in [5.74, 6) is 0.124. The summed E-state index contributed by atoms with van der Waals surface area (Å²) < 4.78 is 5.32. The molecule has 1 aromatic carbocycles. The van der Waals surface area contributed by atoms with Crippen LogP contribution in [0, 0.1) is 10.1 Å². The molecule has 25 heavy (non-hydrogen) atoms. The van der Waals surface area contributed by atoms with Gasteiger partial charge in [-0.15, -0.1) is 11.3 Å². The predicted octanol–water partition coefficient (Wildman–Crippen LogP) is 3.05. The highest BCUT2D eigenvalue weighted by atomic mass is 32.1. The number of thiophene rings is 1. The summed E-state index contributed by atoms with van der Waals surface area (Å²) in [6.45, 7) is 3.38. The van der Waals surface area contributed by atoms with Gasteiger partial charge in [-0.25, -0.2) is 0 Å². The van der Waals surface area contributed by atoms with Gasteiger partial charge in [0.25, 0.3) is 0 Å². The van der Waals surface area contributed by atoms with Crippen LogP contribution < -0.4 is 10.1 Å². The van der Waals surface area contributed by atoms with Gasteiger partial charge < -0.3 is 15.0 Å². The number of rotatable bonds is 6. The van der Waals surface area contributed by atoms with Crippen molar-refractivity contribution in [1.82, 2.24) is 4.90 Å². The smallest absolute Gasteiger partial charge is 0.333 e. The highest BCUT2D eigenvalue weighted by molar-refractivity contribution is 7.10. The number of nitrogens with one attached hydrogen (secondary N) is 1. The first kappa shape index (κ1) is 17.2. The molecule has 2 aromatic rings. The SMILES string of the molecule is CCOc1cccc(NCC(=O)N2CCc3sccc3C2)c1[N+](=O)[O-]. The molecular weight excluding hydrogens is 342 g/mol. The van der Waals surface area contributed by atoms with Crippen molar-refractivity contribution in [1.29, 1.82) is 0 Å². The van der Waals surface area contributed by atoms with Crippen LogP contribution in [0.2, 0.25) is 0 Å². The summed E-state index contributed by atoms with van der Waals surface area (Å²) in [4.78, 5) is 26.4. The first-order valence-corrected chi connectivity index (χ1v) is 8.95. The second-order valence-electron chi connectivity index (χ2n) is 5.63. The van der Waals surface area contributed by atoms with Crippen molar-refractivity contribution in [2.75, 3.05) is 25.0 Å². The zero-order chi connectivity index (χ0) is 17.8. The fraction of sp³-hybridized carbons (Fsp3) is 0.353. The van der Waals surface area contributed by atoms with Gasteiger partial charge in [0.05, 0.1) is 18.1 Å². The van der Waals surface area contributed by atoms with Crippen LogP contribution in [0.3, 0.4) is 0 Å². The lowest BCUT2D eigenvalue weighted by atomic mass is 10.1. The van der Waals surface area contributed by atoms with Gasteiger partial charge in [-0.05, 0) is 42.5 Å². The van der Waals surface area contributed by atoms with E-state index in [1.54, 1.807) is 41.4 Å². The highest BCUT2D eigenvalue weighted by Gasteiger charge is 2.24. The van der Waals surface area contributed by atoms with Gasteiger partial charge in [0.2, 0.25) is 5.91 Å². The van der Waals surface area contributed by atoms with E-state index in [4.69, 9.17) is 4.74 Å². The Hall–Kier alpha value is -2.61. The van der Waals surface area contributed by atoms with Gasteiger partial charge in [-0.3, -0.25) is 14.9 Å². The van der Waals surface area contributed by atoms with E-state index in [0.29, 0.717) is 19.7 Å². The monoisotopic (exact) mass is 361 g/mol. The number of nitrogens with zero attached hydrogens (tertiary/aromatic N) is 2. The predicted molar refractivity (Wildman–Crippen MR) is 96.2 cm³/mol. The van der Waals surface area contributed by atoms with Gasteiger partial charge in [-0.1, -0.05) is 6.07 Å². The molecule has 0 spiro atoms. The first-order valence-electron chi connectivity index (χ1n) is 8.07. The van der Waals surface area contributed by atoms with Gasteiger partial charge in [-0.2, -0.15) is 0 Å². The van der Waals surface area contributed by atoms with Crippen LogP contribution in [0.4, 0.5) is 11.4 Å². The van der Waals surface area contributed by atoms with E-state index < -0.39 is 4.92 Å². The van der Waals surface area contributed by atoms with Crippen LogP contribution in [0.5, 0.6) is 5.75 Å². The molecule has 0 aliphatic carbocycles. The molecule has 1 aliphatic heterocycles. The number of amides is 1. The molecular formula is C17H19N3O4S. The van der Waals surface area contributed by atoms with Gasteiger partial charge in [0.15, 0.2) is 5.75 Å². The van der Waals surface area contributed by atoms with Crippen LogP contribution >= 0.6 is 11.3 Å². The molecule has 7 nitrogen and oxygen atoms in total. The number of nitro groups is 1. The van der Waals surface area contributed by atoms with Crippen molar-refractivity contribution in [3.05, 3.63) is 50.2 Å². The van der Waals surface area contributed by atoms with Crippen LogP contribution in [0.25, 0.3) is 0 Å². The Balaban J connectivity index is 1.68. The summed E-state index contributed by atoms with van der Waals surface area (Å²) >= 11 is 1.72. The Labute approximate surface area is 149 Å². The van der Waals surface area contributed by atoms with E-state index >= 15 is 0 Å². The topological polar surface area (TPSA) is 84.7 Å². The maximum absolute atomic E-state index is 12.5. The number of hydrogen-bond donors (Lipinski definition) is 1. The maximum Gasteiger partial charge on any atom is 0.333 e. The Kier molecular flexibility index (Phi) is 5.18. The van der Waals surface area contributed by atoms with E-state index in [9.17, 15) is 14.9 Å². The number of anilines is 1. The summed E-state index contributed by atoms with van der Waals surface area (Å²) in [5, 5.41) is 16.3. The Bertz CT molecular complexity index is 790. The van der Waals surface area contributed by atoms with E-state index in [1.165, 1.54) is 10.4 Å². The van der Waals surface area contributed by atoms with Crippen molar-refractivity contribution in [3.63, 3.8) is 0 Å². The molecule has 2 heterocycles. The van der Waals surface area contributed by atoms with Crippen molar-refractivity contribution in [3.8, 4) is 5.75 Å². The van der Waals surface area contributed by atoms with Crippen LogP contribution in [0.15, 0.2) is 29.6 Å². The lowest BCUT2D eigenvalue weighted by Gasteiger charge is -2.27. The van der Waals surface area contributed by atoms with Crippen molar-refractivity contribution < 1.29 is 14.5 Å². The molecule has 1 aliphatic rings. The second-order valence-corrected chi connectivity index (χ2v) is 6.63. The Morgan fingerprint density at radius 2 is 2.28 bits per heavy atom. The molecule has 0 saturated carbocycles. The van der Waals surface area contributed by atoms with Crippen molar-refractivity contribution in [2.24, 2.45) is 0 Å². The quantitative estimate of drug-likeness (QED) is 0.631. The summed E-state index contributed by atoms with van der Waals surface area (Å²) in [5.41, 5.74) is 1.34. The van der Waals surface area contributed by atoms with Crippen LogP contribution in [-0.4, -0.2) is 35.4 Å². The number of para-hydroxylation sites is 1. The molecule has 0 fully saturated rings. The van der Waals surface area contributed by atoms with Gasteiger partial charge >= 0.3 is 5.69 Å². The molecule has 1 amide bonds. The minimum absolute atomic E-state index is 0.00981. The number of nitro benzene ring substituents is 1. The third-order valence-electron chi connectivity index (χ3n) is 4.07. The lowest BCUT2D eigenvalue weighted by molar-refractivity contribution is -0.384. The third kappa shape index (κ3) is 3.74. The molecule has 0 unspecified atom stereocenters. The fourth-order valence-electron chi connectivity index (χ4n) is 2.87. The minimum atomic E-state index is -0.490. The second kappa shape index (κ2) is 7.52. The number of hydrogen-bond acceptors (Lipinski definition) is 6. The number of fused-ring (bicyclic) bond motifs is 1. The average Bonchev–Trinajstić information content (AvgIpc) is 3.07. The van der Waals surface area contributed by atoms with E-state index in [1.807, 2.05) is 11.4 Å². The maximum atomic E-state index is 12.5. The number of carbonyl (C=O) groups excluding carboxylic acids is 1. The molecule has 1 aromatic heterocycles. The van der Waals surface area contributed by atoms with Crippen molar-refractivity contribution >= 4 is 28.6 Å². The molecule has 132 valence electrons. The molecule has 3 rings (SSSR count). The molecule has 8 heteroatoms. The summed E-state index contributed by atoms with van der Waals surface area (Å²) in [6, 6.07) is 6.85. The van der Waals surface area contributed by atoms with Gasteiger partial charge in [0.1, 0.15) is 5.69 Å². The average molecular weight is 361 g/mol. The normalized spacial score (nSPS) is 13.2. The largest absolute Gasteiger partial charge is 0.487 e. The van der Waals surface area contributed by atoms with E-state index in [-0.39, 0.29) is 29.6 Å². The zero-order valence-corrected chi connectivity index (χ0v) is 14.7. The summed E-state index contributed by atoms with van der Waals surface area (Å²) in [7, 11) is 0. The number of ether oxygens (including phenoxy) is 1. The lowest BCUT2D eigenvalue weighted by Crippen LogP contribution is -2.38. The highest BCUT2D eigenvalue weighted by Crippen LogP contribution is 2.34. The third-order valence-corrected chi connectivity index (χ3v) is 5.09. The zero-order valence-electron chi connectivity index (χ0n) is 13.9. The van der Waals surface area contributed by atoms with Crippen LogP contribution in [-0.2, 0) is 17.8 Å². The molecule has 1 N–H and O–H groups in total. The van der Waals surface area contributed by atoms with Gasteiger partial charge in [0, 0.05) is 18.0 Å². The van der Waals surface area contributed by atoms with E-state index in [0.717, 1.165) is 6.42 Å². The molecule has 0 radical (unpaired) electrons.